The first-order valence-corrected chi connectivity index (χ1v) is 8.81. The van der Waals surface area contributed by atoms with Crippen LogP contribution < -0.4 is 20.7 Å². The number of hydrogen-bond donors (Lipinski definition) is 4. The van der Waals surface area contributed by atoms with Crippen LogP contribution in [-0.2, 0) is 12.8 Å². The predicted octanol–water partition coefficient (Wildman–Crippen LogP) is 2.21. The molecule has 0 aliphatic carbocycles. The van der Waals surface area contributed by atoms with E-state index < -0.39 is 0 Å². The Balaban J connectivity index is 1.74. The first-order chi connectivity index (χ1) is 13.0. The van der Waals surface area contributed by atoms with Crippen LogP contribution in [0.25, 0.3) is 0 Å². The second kappa shape index (κ2) is 10.4. The highest BCUT2D eigenvalue weighted by atomic mass is 19.1. The number of methoxy groups -OCH3 is 1. The van der Waals surface area contributed by atoms with E-state index in [9.17, 15) is 14.3 Å². The van der Waals surface area contributed by atoms with Gasteiger partial charge in [0.25, 0.3) is 0 Å². The van der Waals surface area contributed by atoms with Gasteiger partial charge in [-0.25, -0.2) is 9.18 Å². The molecule has 0 radical (unpaired) electrons. The molecule has 2 rings (SSSR count). The van der Waals surface area contributed by atoms with Crippen molar-refractivity contribution in [3.05, 3.63) is 59.4 Å². The third-order valence-corrected chi connectivity index (χ3v) is 4.26. The van der Waals surface area contributed by atoms with Crippen molar-refractivity contribution < 1.29 is 19.0 Å². The van der Waals surface area contributed by atoms with Gasteiger partial charge in [-0.2, -0.15) is 0 Å². The summed E-state index contributed by atoms with van der Waals surface area (Å²) in [5, 5.41) is 18.1. The maximum atomic E-state index is 13.2. The summed E-state index contributed by atoms with van der Waals surface area (Å²) >= 11 is 0. The molecule has 0 bridgehead atoms. The molecule has 1 atom stereocenters. The molecule has 2 amide bonds. The molecule has 0 heterocycles. The Morgan fingerprint density at radius 3 is 2.59 bits per heavy atom. The highest BCUT2D eigenvalue weighted by Gasteiger charge is 2.10. The molecule has 4 N–H and O–H groups in total. The van der Waals surface area contributed by atoms with E-state index >= 15 is 0 Å². The molecule has 0 unspecified atom stereocenters. The quantitative estimate of drug-likeness (QED) is 0.542. The topological polar surface area (TPSA) is 82.6 Å². The van der Waals surface area contributed by atoms with Gasteiger partial charge in [-0.1, -0.05) is 18.2 Å². The van der Waals surface area contributed by atoms with Crippen molar-refractivity contribution in [1.29, 1.82) is 0 Å². The van der Waals surface area contributed by atoms with Crippen LogP contribution in [0.5, 0.6) is 11.5 Å². The average Bonchev–Trinajstić information content (AvgIpc) is 2.67. The number of likely N-dealkylation sites (N-methyl/N-ethyl adjacent to an activating group) is 1. The van der Waals surface area contributed by atoms with Gasteiger partial charge in [0.15, 0.2) is 0 Å². The van der Waals surface area contributed by atoms with Gasteiger partial charge in [0.05, 0.1) is 7.11 Å². The monoisotopic (exact) mass is 375 g/mol. The van der Waals surface area contributed by atoms with Crippen LogP contribution in [-0.4, -0.2) is 44.4 Å². The maximum Gasteiger partial charge on any atom is 0.314 e. The third kappa shape index (κ3) is 6.79. The van der Waals surface area contributed by atoms with Crippen LogP contribution in [0, 0.1) is 5.82 Å². The van der Waals surface area contributed by atoms with Crippen molar-refractivity contribution in [2.45, 2.75) is 18.9 Å². The van der Waals surface area contributed by atoms with Crippen molar-refractivity contribution >= 4 is 6.03 Å². The standard InChI is InChI=1S/C20H26FN3O3/c1-22-17(11-14-3-7-18(25)8-4-14)13-24-20(26)23-10-9-15-5-6-16(21)12-19(15)27-2/h3-8,12,17,22,25H,9-11,13H2,1-2H3,(H2,23,24,26)/t17-/m0/s1. The predicted molar refractivity (Wildman–Crippen MR) is 103 cm³/mol. The smallest absolute Gasteiger partial charge is 0.314 e. The van der Waals surface area contributed by atoms with Gasteiger partial charge in [0.1, 0.15) is 17.3 Å². The van der Waals surface area contributed by atoms with Gasteiger partial charge in [0.2, 0.25) is 0 Å². The molecule has 0 spiro atoms. The molecule has 0 aromatic heterocycles. The number of ether oxygens (including phenoxy) is 1. The van der Waals surface area contributed by atoms with E-state index in [2.05, 4.69) is 16.0 Å². The summed E-state index contributed by atoms with van der Waals surface area (Å²) < 4.78 is 18.3. The fraction of sp³-hybridized carbons (Fsp3) is 0.350. The Morgan fingerprint density at radius 2 is 1.93 bits per heavy atom. The number of amides is 2. The Hall–Kier alpha value is -2.80. The van der Waals surface area contributed by atoms with E-state index in [1.54, 1.807) is 18.2 Å². The lowest BCUT2D eigenvalue weighted by atomic mass is 10.1. The largest absolute Gasteiger partial charge is 0.508 e. The van der Waals surface area contributed by atoms with Gasteiger partial charge in [0, 0.05) is 25.2 Å². The van der Waals surface area contributed by atoms with Crippen molar-refractivity contribution in [3.63, 3.8) is 0 Å². The molecule has 2 aromatic rings. The zero-order valence-corrected chi connectivity index (χ0v) is 15.6. The van der Waals surface area contributed by atoms with Crippen LogP contribution in [0.15, 0.2) is 42.5 Å². The molecule has 0 fully saturated rings. The second-order valence-electron chi connectivity index (χ2n) is 6.20. The maximum absolute atomic E-state index is 13.2. The molecule has 6 nitrogen and oxygen atoms in total. The molecule has 0 aliphatic rings. The highest BCUT2D eigenvalue weighted by Crippen LogP contribution is 2.19. The van der Waals surface area contributed by atoms with Gasteiger partial charge in [-0.05, 0) is 49.2 Å². The molecular weight excluding hydrogens is 349 g/mol. The molecular formula is C20H26FN3O3. The molecule has 146 valence electrons. The summed E-state index contributed by atoms with van der Waals surface area (Å²) in [4.78, 5) is 12.0. The Kier molecular flexibility index (Phi) is 7.88. The minimum absolute atomic E-state index is 0.0671. The molecule has 2 aromatic carbocycles. The van der Waals surface area contributed by atoms with Gasteiger partial charge in [-0.15, -0.1) is 0 Å². The number of carbonyl (C=O) groups is 1. The fourth-order valence-corrected chi connectivity index (χ4v) is 2.71. The first kappa shape index (κ1) is 20.5. The van der Waals surface area contributed by atoms with Crippen LogP contribution in [0.4, 0.5) is 9.18 Å². The number of hydrogen-bond acceptors (Lipinski definition) is 4. The van der Waals surface area contributed by atoms with Crippen LogP contribution in [0.2, 0.25) is 0 Å². The van der Waals surface area contributed by atoms with E-state index in [0.29, 0.717) is 25.3 Å². The Bertz CT molecular complexity index is 738. The van der Waals surface area contributed by atoms with Crippen LogP contribution in [0.1, 0.15) is 11.1 Å². The summed E-state index contributed by atoms with van der Waals surface area (Å²) in [6.45, 7) is 0.874. The summed E-state index contributed by atoms with van der Waals surface area (Å²) in [7, 11) is 3.33. The SMILES string of the molecule is CN[C@H](CNC(=O)NCCc1ccc(F)cc1OC)Cc1ccc(O)cc1. The van der Waals surface area contributed by atoms with Crippen molar-refractivity contribution in [2.75, 3.05) is 27.2 Å². The van der Waals surface area contributed by atoms with Crippen LogP contribution in [0.3, 0.4) is 0 Å². The van der Waals surface area contributed by atoms with Crippen molar-refractivity contribution in [1.82, 2.24) is 16.0 Å². The number of urea groups is 1. The normalized spacial score (nSPS) is 11.7. The zero-order chi connectivity index (χ0) is 19.6. The first-order valence-electron chi connectivity index (χ1n) is 8.81. The lowest BCUT2D eigenvalue weighted by Gasteiger charge is -2.17. The summed E-state index contributed by atoms with van der Waals surface area (Å²) in [5.41, 5.74) is 1.90. The molecule has 0 saturated heterocycles. The third-order valence-electron chi connectivity index (χ3n) is 4.26. The van der Waals surface area contributed by atoms with E-state index in [1.807, 2.05) is 19.2 Å². The molecule has 0 saturated carbocycles. The number of rotatable bonds is 9. The molecule has 27 heavy (non-hydrogen) atoms. The van der Waals surface area contributed by atoms with Gasteiger partial charge >= 0.3 is 6.03 Å². The van der Waals surface area contributed by atoms with E-state index in [-0.39, 0.29) is 23.6 Å². The lowest BCUT2D eigenvalue weighted by Crippen LogP contribution is -2.44. The van der Waals surface area contributed by atoms with Crippen LogP contribution >= 0.6 is 0 Å². The summed E-state index contributed by atoms with van der Waals surface area (Å²) in [6.07, 6.45) is 1.27. The second-order valence-corrected chi connectivity index (χ2v) is 6.20. The summed E-state index contributed by atoms with van der Waals surface area (Å²) in [6, 6.07) is 11.2. The number of carbonyl (C=O) groups excluding carboxylic acids is 1. The molecule has 7 heteroatoms. The number of nitrogens with one attached hydrogen (secondary N) is 3. The van der Waals surface area contributed by atoms with E-state index in [0.717, 1.165) is 17.5 Å². The van der Waals surface area contributed by atoms with Gasteiger partial charge < -0.3 is 25.8 Å². The van der Waals surface area contributed by atoms with Crippen molar-refractivity contribution in [2.24, 2.45) is 0 Å². The highest BCUT2D eigenvalue weighted by molar-refractivity contribution is 5.73. The minimum atomic E-state index is -0.354. The number of halogens is 1. The summed E-state index contributed by atoms with van der Waals surface area (Å²) in [5.74, 6) is 0.351. The minimum Gasteiger partial charge on any atom is -0.508 e. The molecule has 0 aliphatic heterocycles. The number of benzene rings is 2. The lowest BCUT2D eigenvalue weighted by molar-refractivity contribution is 0.239. The van der Waals surface area contributed by atoms with E-state index in [1.165, 1.54) is 19.2 Å². The average molecular weight is 375 g/mol. The van der Waals surface area contributed by atoms with Gasteiger partial charge in [-0.3, -0.25) is 0 Å². The number of phenols is 1. The number of aromatic hydroxyl groups is 1. The fourth-order valence-electron chi connectivity index (χ4n) is 2.71. The number of phenolic OH excluding ortho intramolecular Hbond substituents is 1. The Morgan fingerprint density at radius 1 is 1.19 bits per heavy atom. The van der Waals surface area contributed by atoms with Crippen molar-refractivity contribution in [3.8, 4) is 11.5 Å². The Labute approximate surface area is 158 Å². The van der Waals surface area contributed by atoms with E-state index in [4.69, 9.17) is 4.74 Å². The zero-order valence-electron chi connectivity index (χ0n) is 15.6.